The van der Waals surface area contributed by atoms with Crippen LogP contribution in [-0.2, 0) is 11.2 Å². The number of aryl methyl sites for hydroxylation is 1. The van der Waals surface area contributed by atoms with Gasteiger partial charge in [0.1, 0.15) is 5.82 Å². The van der Waals surface area contributed by atoms with Crippen LogP contribution in [0.1, 0.15) is 22.5 Å². The zero-order chi connectivity index (χ0) is 22.5. The Morgan fingerprint density at radius 3 is 2.41 bits per heavy atom. The molecule has 0 unspecified atom stereocenters. The number of carbonyl (C=O) groups excluding carboxylic acids is 2. The number of carbonyl (C=O) groups is 2. The number of anilines is 2. The van der Waals surface area contributed by atoms with E-state index in [4.69, 9.17) is 11.6 Å². The summed E-state index contributed by atoms with van der Waals surface area (Å²) in [6.07, 6.45) is 0.884. The first-order chi connectivity index (χ1) is 15.5. The predicted molar refractivity (Wildman–Crippen MR) is 125 cm³/mol. The van der Waals surface area contributed by atoms with Crippen LogP contribution in [0.3, 0.4) is 0 Å². The van der Waals surface area contributed by atoms with Crippen molar-refractivity contribution in [3.63, 3.8) is 0 Å². The van der Waals surface area contributed by atoms with Crippen LogP contribution in [0.15, 0.2) is 53.9 Å². The van der Waals surface area contributed by atoms with Crippen LogP contribution in [0.25, 0.3) is 0 Å². The van der Waals surface area contributed by atoms with Gasteiger partial charge in [0.15, 0.2) is 5.13 Å². The molecule has 3 aromatic rings. The van der Waals surface area contributed by atoms with Crippen molar-refractivity contribution < 1.29 is 14.0 Å². The summed E-state index contributed by atoms with van der Waals surface area (Å²) in [7, 11) is 0. The second-order valence-corrected chi connectivity index (χ2v) is 8.74. The largest absolute Gasteiger partial charge is 0.368 e. The summed E-state index contributed by atoms with van der Waals surface area (Å²) in [5.41, 5.74) is 2.23. The minimum Gasteiger partial charge on any atom is -0.368 e. The lowest BCUT2D eigenvalue weighted by atomic mass is 10.2. The lowest BCUT2D eigenvalue weighted by Crippen LogP contribution is -2.48. The van der Waals surface area contributed by atoms with Gasteiger partial charge in [0, 0.05) is 54.3 Å². The average Bonchev–Trinajstić information content (AvgIpc) is 3.26. The first-order valence-electron chi connectivity index (χ1n) is 10.3. The number of benzene rings is 2. The maximum absolute atomic E-state index is 13.0. The molecule has 0 saturated carbocycles. The third-order valence-corrected chi connectivity index (χ3v) is 6.36. The van der Waals surface area contributed by atoms with Gasteiger partial charge in [0.2, 0.25) is 5.91 Å². The highest BCUT2D eigenvalue weighted by Crippen LogP contribution is 2.21. The van der Waals surface area contributed by atoms with Crippen LogP contribution < -0.4 is 10.2 Å². The Morgan fingerprint density at radius 2 is 1.72 bits per heavy atom. The number of aromatic nitrogens is 1. The Balaban J connectivity index is 1.23. The number of hydrogen-bond donors (Lipinski definition) is 1. The molecule has 2 aromatic carbocycles. The van der Waals surface area contributed by atoms with Crippen molar-refractivity contribution in [1.29, 1.82) is 0 Å². The smallest absolute Gasteiger partial charge is 0.257 e. The molecular formula is C23H22ClFN4O2S. The topological polar surface area (TPSA) is 65.5 Å². The van der Waals surface area contributed by atoms with Crippen molar-refractivity contribution in [2.45, 2.75) is 12.8 Å². The maximum Gasteiger partial charge on any atom is 0.257 e. The van der Waals surface area contributed by atoms with Gasteiger partial charge in [-0.05, 0) is 55.0 Å². The molecule has 1 fully saturated rings. The number of nitrogens with one attached hydrogen (secondary N) is 1. The van der Waals surface area contributed by atoms with Crippen molar-refractivity contribution in [2.75, 3.05) is 36.4 Å². The normalized spacial score (nSPS) is 13.8. The van der Waals surface area contributed by atoms with E-state index in [0.717, 1.165) is 24.5 Å². The number of halogens is 2. The Bertz CT molecular complexity index is 1080. The fraction of sp³-hybridized carbons (Fsp3) is 0.261. The summed E-state index contributed by atoms with van der Waals surface area (Å²) in [5, 5.41) is 5.72. The molecule has 0 radical (unpaired) electrons. The highest BCUT2D eigenvalue weighted by molar-refractivity contribution is 7.14. The number of rotatable bonds is 6. The molecule has 2 heterocycles. The molecule has 1 N–H and O–H groups in total. The SMILES string of the molecule is O=C(Nc1nc(CCC(=O)N2CCN(c3ccc(Cl)cc3)CC2)cs1)c1ccc(F)cc1. The third-order valence-electron chi connectivity index (χ3n) is 5.30. The van der Waals surface area contributed by atoms with E-state index in [2.05, 4.69) is 15.2 Å². The summed E-state index contributed by atoms with van der Waals surface area (Å²) in [5.74, 6) is -0.639. The van der Waals surface area contributed by atoms with E-state index in [1.54, 1.807) is 0 Å². The number of piperazine rings is 1. The monoisotopic (exact) mass is 472 g/mol. The van der Waals surface area contributed by atoms with Gasteiger partial charge in [0.05, 0.1) is 5.69 Å². The van der Waals surface area contributed by atoms with Gasteiger partial charge in [-0.1, -0.05) is 11.6 Å². The molecule has 32 heavy (non-hydrogen) atoms. The summed E-state index contributed by atoms with van der Waals surface area (Å²) in [6.45, 7) is 2.92. The van der Waals surface area contributed by atoms with Gasteiger partial charge >= 0.3 is 0 Å². The summed E-state index contributed by atoms with van der Waals surface area (Å²) in [4.78, 5) is 33.4. The van der Waals surface area contributed by atoms with Crippen LogP contribution in [0, 0.1) is 5.82 Å². The minimum atomic E-state index is -0.394. The summed E-state index contributed by atoms with van der Waals surface area (Å²) < 4.78 is 13.0. The van der Waals surface area contributed by atoms with Crippen molar-refractivity contribution in [1.82, 2.24) is 9.88 Å². The molecule has 1 aromatic heterocycles. The second kappa shape index (κ2) is 10.1. The van der Waals surface area contributed by atoms with Gasteiger partial charge in [-0.2, -0.15) is 0 Å². The third kappa shape index (κ3) is 5.63. The quantitative estimate of drug-likeness (QED) is 0.575. The number of nitrogens with zero attached hydrogens (tertiary/aromatic N) is 3. The fourth-order valence-corrected chi connectivity index (χ4v) is 4.37. The lowest BCUT2D eigenvalue weighted by molar-refractivity contribution is -0.131. The van der Waals surface area contributed by atoms with Crippen molar-refractivity contribution in [3.05, 3.63) is 76.0 Å². The molecule has 6 nitrogen and oxygen atoms in total. The fourth-order valence-electron chi connectivity index (χ4n) is 3.51. The number of thiazole rings is 1. The Labute approximate surface area is 194 Å². The zero-order valence-electron chi connectivity index (χ0n) is 17.3. The Hall–Kier alpha value is -2.97. The van der Waals surface area contributed by atoms with Crippen LogP contribution in [0.2, 0.25) is 5.02 Å². The van der Waals surface area contributed by atoms with Crippen LogP contribution in [0.4, 0.5) is 15.2 Å². The highest BCUT2D eigenvalue weighted by Gasteiger charge is 2.21. The molecule has 9 heteroatoms. The van der Waals surface area contributed by atoms with Crippen molar-refractivity contribution in [3.8, 4) is 0 Å². The number of hydrogen-bond acceptors (Lipinski definition) is 5. The molecule has 4 rings (SSSR count). The van der Waals surface area contributed by atoms with Crippen LogP contribution in [0.5, 0.6) is 0 Å². The average molecular weight is 473 g/mol. The van der Waals surface area contributed by atoms with E-state index in [0.29, 0.717) is 41.6 Å². The van der Waals surface area contributed by atoms with Gasteiger partial charge in [-0.25, -0.2) is 9.37 Å². The first-order valence-corrected chi connectivity index (χ1v) is 11.5. The maximum atomic E-state index is 13.0. The van der Waals surface area contributed by atoms with Crippen LogP contribution >= 0.6 is 22.9 Å². The standard InChI is InChI=1S/C23H22ClFN4O2S/c24-17-3-8-20(9-4-17)28-11-13-29(14-12-28)21(30)10-7-19-15-32-23(26-19)27-22(31)16-1-5-18(25)6-2-16/h1-6,8-9,15H,7,10-14H2,(H,26,27,31). The molecule has 1 aliphatic rings. The zero-order valence-corrected chi connectivity index (χ0v) is 18.8. The predicted octanol–water partition coefficient (Wildman–Crippen LogP) is 4.47. The van der Waals surface area contributed by atoms with Gasteiger partial charge in [-0.15, -0.1) is 11.3 Å². The molecule has 0 atom stereocenters. The lowest BCUT2D eigenvalue weighted by Gasteiger charge is -2.36. The second-order valence-electron chi connectivity index (χ2n) is 7.45. The molecule has 1 saturated heterocycles. The van der Waals surface area contributed by atoms with E-state index >= 15 is 0 Å². The van der Waals surface area contributed by atoms with E-state index in [9.17, 15) is 14.0 Å². The molecule has 0 aliphatic carbocycles. The van der Waals surface area contributed by atoms with Gasteiger partial charge in [0.25, 0.3) is 5.91 Å². The van der Waals surface area contributed by atoms with Crippen LogP contribution in [-0.4, -0.2) is 47.9 Å². The van der Waals surface area contributed by atoms with E-state index in [-0.39, 0.29) is 11.8 Å². The summed E-state index contributed by atoms with van der Waals surface area (Å²) >= 11 is 7.25. The van der Waals surface area contributed by atoms with E-state index < -0.39 is 5.82 Å². The number of amides is 2. The molecule has 0 bridgehead atoms. The molecule has 166 valence electrons. The van der Waals surface area contributed by atoms with Crippen molar-refractivity contribution >= 4 is 45.6 Å². The molecule has 0 spiro atoms. The first kappa shape index (κ1) is 22.2. The van der Waals surface area contributed by atoms with Gasteiger partial charge in [-0.3, -0.25) is 14.9 Å². The molecule has 2 amide bonds. The molecule has 1 aliphatic heterocycles. The van der Waals surface area contributed by atoms with E-state index in [1.165, 1.54) is 35.6 Å². The summed E-state index contributed by atoms with van der Waals surface area (Å²) in [6, 6.07) is 13.1. The Morgan fingerprint density at radius 1 is 1.03 bits per heavy atom. The van der Waals surface area contributed by atoms with E-state index in [1.807, 2.05) is 34.5 Å². The Kier molecular flexibility index (Phi) is 7.02. The minimum absolute atomic E-state index is 0.102. The molecular weight excluding hydrogens is 451 g/mol. The highest BCUT2D eigenvalue weighted by atomic mass is 35.5. The van der Waals surface area contributed by atoms with Gasteiger partial charge < -0.3 is 9.80 Å². The van der Waals surface area contributed by atoms with Crippen molar-refractivity contribution in [2.24, 2.45) is 0 Å².